The fourth-order valence-corrected chi connectivity index (χ4v) is 3.86. The summed E-state index contributed by atoms with van der Waals surface area (Å²) in [5.41, 5.74) is 3.46. The molecule has 150 valence electrons. The molecule has 28 heavy (non-hydrogen) atoms. The fraction of sp³-hybridized carbons (Fsp3) is 0.476. The van der Waals surface area contributed by atoms with E-state index >= 15 is 0 Å². The van der Waals surface area contributed by atoms with Gasteiger partial charge in [-0.2, -0.15) is 0 Å². The van der Waals surface area contributed by atoms with Gasteiger partial charge in [0.15, 0.2) is 0 Å². The van der Waals surface area contributed by atoms with Gasteiger partial charge in [-0.05, 0) is 56.4 Å². The SMILES string of the molecule is CC(=O)N(CC(=O)O)C1CCCN(C(=O)c2coc3cc(C)c(C)cc23)CC1. The largest absolute Gasteiger partial charge is 0.480 e. The predicted octanol–water partition coefficient (Wildman–Crippen LogP) is 2.98. The van der Waals surface area contributed by atoms with Crippen LogP contribution in [0.3, 0.4) is 0 Å². The van der Waals surface area contributed by atoms with Gasteiger partial charge in [0.1, 0.15) is 18.4 Å². The topological polar surface area (TPSA) is 91.1 Å². The highest BCUT2D eigenvalue weighted by molar-refractivity contribution is 6.06. The smallest absolute Gasteiger partial charge is 0.323 e. The third-order valence-corrected chi connectivity index (χ3v) is 5.56. The van der Waals surface area contributed by atoms with E-state index in [-0.39, 0.29) is 24.4 Å². The first kappa shape index (κ1) is 19.9. The molecule has 0 radical (unpaired) electrons. The molecular weight excluding hydrogens is 360 g/mol. The molecule has 7 heteroatoms. The van der Waals surface area contributed by atoms with Crippen LogP contribution >= 0.6 is 0 Å². The summed E-state index contributed by atoms with van der Waals surface area (Å²) in [5, 5.41) is 9.88. The van der Waals surface area contributed by atoms with E-state index < -0.39 is 5.97 Å². The van der Waals surface area contributed by atoms with Crippen LogP contribution < -0.4 is 0 Å². The maximum atomic E-state index is 13.1. The number of aliphatic carboxylic acids is 1. The number of likely N-dealkylation sites (tertiary alicyclic amines) is 1. The summed E-state index contributed by atoms with van der Waals surface area (Å²) in [6, 6.07) is 3.75. The monoisotopic (exact) mass is 386 g/mol. The average molecular weight is 386 g/mol. The minimum Gasteiger partial charge on any atom is -0.480 e. The molecule has 0 saturated carbocycles. The second-order valence-corrected chi connectivity index (χ2v) is 7.50. The molecule has 1 aliphatic heterocycles. The molecule has 1 aromatic heterocycles. The lowest BCUT2D eigenvalue weighted by atomic mass is 10.0. The van der Waals surface area contributed by atoms with Gasteiger partial charge in [-0.25, -0.2) is 0 Å². The highest BCUT2D eigenvalue weighted by Gasteiger charge is 2.29. The predicted molar refractivity (Wildman–Crippen MR) is 104 cm³/mol. The van der Waals surface area contributed by atoms with Crippen LogP contribution in [0.25, 0.3) is 11.0 Å². The number of carbonyl (C=O) groups is 3. The van der Waals surface area contributed by atoms with E-state index in [9.17, 15) is 14.4 Å². The summed E-state index contributed by atoms with van der Waals surface area (Å²) in [6.07, 6.45) is 3.47. The van der Waals surface area contributed by atoms with Crippen LogP contribution in [0.2, 0.25) is 0 Å². The van der Waals surface area contributed by atoms with Gasteiger partial charge < -0.3 is 19.3 Å². The van der Waals surface area contributed by atoms with Crippen LogP contribution in [0.1, 0.15) is 47.7 Å². The van der Waals surface area contributed by atoms with Crippen LogP contribution in [-0.2, 0) is 9.59 Å². The molecule has 1 unspecified atom stereocenters. The molecular formula is C21H26N2O5. The number of amides is 2. The van der Waals surface area contributed by atoms with Crippen molar-refractivity contribution in [1.82, 2.24) is 9.80 Å². The lowest BCUT2D eigenvalue weighted by Crippen LogP contribution is -2.43. The Morgan fingerprint density at radius 2 is 1.89 bits per heavy atom. The van der Waals surface area contributed by atoms with Crippen molar-refractivity contribution in [3.05, 3.63) is 35.1 Å². The standard InChI is InChI=1S/C21H26N2O5/c1-13-9-17-18(12-28-19(17)10-14(13)2)21(27)22-7-4-5-16(6-8-22)23(15(3)24)11-20(25)26/h9-10,12,16H,4-8,11H2,1-3H3,(H,25,26). The molecule has 3 rings (SSSR count). The quantitative estimate of drug-likeness (QED) is 0.872. The Balaban J connectivity index is 1.77. The molecule has 2 aromatic rings. The molecule has 7 nitrogen and oxygen atoms in total. The summed E-state index contributed by atoms with van der Waals surface area (Å²) in [7, 11) is 0. The minimum absolute atomic E-state index is 0.0877. The number of carbonyl (C=O) groups excluding carboxylic acids is 2. The molecule has 2 heterocycles. The number of rotatable bonds is 4. The van der Waals surface area contributed by atoms with E-state index in [4.69, 9.17) is 9.52 Å². The molecule has 1 saturated heterocycles. The highest BCUT2D eigenvalue weighted by Crippen LogP contribution is 2.27. The minimum atomic E-state index is -1.03. The fourth-order valence-electron chi connectivity index (χ4n) is 3.86. The van der Waals surface area contributed by atoms with Gasteiger partial charge in [0.25, 0.3) is 5.91 Å². The summed E-state index contributed by atoms with van der Waals surface area (Å²) in [6.45, 7) is 6.14. The molecule has 0 spiro atoms. The molecule has 1 fully saturated rings. The van der Waals surface area contributed by atoms with E-state index in [0.717, 1.165) is 16.5 Å². The molecule has 1 atom stereocenters. The van der Waals surface area contributed by atoms with E-state index in [1.165, 1.54) is 18.1 Å². The van der Waals surface area contributed by atoms with Crippen molar-refractivity contribution < 1.29 is 23.9 Å². The van der Waals surface area contributed by atoms with Gasteiger partial charge in [-0.3, -0.25) is 14.4 Å². The Morgan fingerprint density at radius 3 is 2.57 bits per heavy atom. The van der Waals surface area contributed by atoms with E-state index in [1.54, 1.807) is 4.90 Å². The van der Waals surface area contributed by atoms with Crippen LogP contribution in [0.4, 0.5) is 0 Å². The third-order valence-electron chi connectivity index (χ3n) is 5.56. The van der Waals surface area contributed by atoms with E-state index in [0.29, 0.717) is 43.5 Å². The first-order valence-corrected chi connectivity index (χ1v) is 9.54. The Bertz CT molecular complexity index is 917. The number of aryl methyl sites for hydroxylation is 2. The van der Waals surface area contributed by atoms with Gasteiger partial charge in [0, 0.05) is 31.4 Å². The molecule has 1 aliphatic rings. The normalized spacial score (nSPS) is 17.4. The van der Waals surface area contributed by atoms with Crippen LogP contribution in [-0.4, -0.2) is 58.4 Å². The van der Waals surface area contributed by atoms with E-state index in [2.05, 4.69) is 0 Å². The number of fused-ring (bicyclic) bond motifs is 1. The molecule has 1 aromatic carbocycles. The third kappa shape index (κ3) is 4.03. The van der Waals surface area contributed by atoms with Crippen LogP contribution in [0, 0.1) is 13.8 Å². The van der Waals surface area contributed by atoms with Gasteiger partial charge >= 0.3 is 5.97 Å². The zero-order chi connectivity index (χ0) is 20.4. The van der Waals surface area contributed by atoms with Gasteiger partial charge in [0.05, 0.1) is 5.56 Å². The first-order valence-electron chi connectivity index (χ1n) is 9.54. The lowest BCUT2D eigenvalue weighted by molar-refractivity contribution is -0.145. The molecule has 0 aliphatic carbocycles. The van der Waals surface area contributed by atoms with Crippen molar-refractivity contribution in [2.75, 3.05) is 19.6 Å². The number of nitrogens with zero attached hydrogens (tertiary/aromatic N) is 2. The average Bonchev–Trinajstić information content (AvgIpc) is 2.87. The first-order chi connectivity index (χ1) is 13.3. The Morgan fingerprint density at radius 1 is 1.18 bits per heavy atom. The van der Waals surface area contributed by atoms with Crippen molar-refractivity contribution in [3.63, 3.8) is 0 Å². The van der Waals surface area contributed by atoms with Crippen LogP contribution in [0.15, 0.2) is 22.8 Å². The number of hydrogen-bond donors (Lipinski definition) is 1. The Labute approximate surface area is 163 Å². The zero-order valence-corrected chi connectivity index (χ0v) is 16.5. The number of benzene rings is 1. The number of furan rings is 1. The van der Waals surface area contributed by atoms with Crippen molar-refractivity contribution in [3.8, 4) is 0 Å². The summed E-state index contributed by atoms with van der Waals surface area (Å²) in [5.74, 6) is -1.36. The Kier molecular flexibility index (Phi) is 5.72. The lowest BCUT2D eigenvalue weighted by Gasteiger charge is -2.28. The molecule has 0 bridgehead atoms. The van der Waals surface area contributed by atoms with Gasteiger partial charge in [0.2, 0.25) is 5.91 Å². The maximum Gasteiger partial charge on any atom is 0.323 e. The second kappa shape index (κ2) is 8.04. The van der Waals surface area contributed by atoms with Gasteiger partial charge in [-0.15, -0.1) is 0 Å². The summed E-state index contributed by atoms with van der Waals surface area (Å²) >= 11 is 0. The second-order valence-electron chi connectivity index (χ2n) is 7.50. The maximum absolute atomic E-state index is 13.1. The van der Waals surface area contributed by atoms with Crippen molar-refractivity contribution in [2.45, 2.75) is 46.1 Å². The number of carboxylic acids is 1. The summed E-state index contributed by atoms with van der Waals surface area (Å²) in [4.78, 5) is 39.2. The van der Waals surface area contributed by atoms with Crippen molar-refractivity contribution in [2.24, 2.45) is 0 Å². The van der Waals surface area contributed by atoms with Gasteiger partial charge in [-0.1, -0.05) is 0 Å². The summed E-state index contributed by atoms with van der Waals surface area (Å²) < 4.78 is 5.60. The highest BCUT2D eigenvalue weighted by atomic mass is 16.4. The Hall–Kier alpha value is -2.83. The number of carboxylic acid groups (broad SMARTS) is 1. The molecule has 2 amide bonds. The van der Waals surface area contributed by atoms with E-state index in [1.807, 2.05) is 26.0 Å². The van der Waals surface area contributed by atoms with Crippen molar-refractivity contribution >= 4 is 28.8 Å². The zero-order valence-electron chi connectivity index (χ0n) is 16.5. The number of hydrogen-bond acceptors (Lipinski definition) is 4. The molecule has 1 N–H and O–H groups in total. The van der Waals surface area contributed by atoms with Crippen molar-refractivity contribution in [1.29, 1.82) is 0 Å². The van der Waals surface area contributed by atoms with Crippen LogP contribution in [0.5, 0.6) is 0 Å².